The van der Waals surface area contributed by atoms with Crippen molar-refractivity contribution in [3.05, 3.63) is 52.2 Å². The molecule has 1 atom stereocenters. The van der Waals surface area contributed by atoms with Gasteiger partial charge in [0.2, 0.25) is 10.0 Å². The Morgan fingerprint density at radius 1 is 1.28 bits per heavy atom. The van der Waals surface area contributed by atoms with Gasteiger partial charge in [-0.15, -0.1) is 11.3 Å². The van der Waals surface area contributed by atoms with E-state index in [1.807, 2.05) is 24.4 Å². The second-order valence-corrected chi connectivity index (χ2v) is 8.11. The molecule has 0 aliphatic rings. The highest BCUT2D eigenvalue weighted by Crippen LogP contribution is 2.22. The van der Waals surface area contributed by atoms with Gasteiger partial charge in [0.05, 0.1) is 17.5 Å². The molecule has 0 radical (unpaired) electrons. The number of methoxy groups -OCH3 is 1. The highest BCUT2D eigenvalue weighted by molar-refractivity contribution is 7.89. The highest BCUT2D eigenvalue weighted by Gasteiger charge is 2.18. The van der Waals surface area contributed by atoms with Crippen molar-refractivity contribution in [2.75, 3.05) is 20.3 Å². The SMILES string of the molecule is CCC(NC(=O)c1cccc(S(=O)(=O)NCCOC)c1)c1cccs1. The van der Waals surface area contributed by atoms with E-state index in [4.69, 9.17) is 4.74 Å². The van der Waals surface area contributed by atoms with Gasteiger partial charge in [0.25, 0.3) is 5.91 Å². The van der Waals surface area contributed by atoms with Crippen molar-refractivity contribution in [1.82, 2.24) is 10.0 Å². The van der Waals surface area contributed by atoms with Gasteiger partial charge < -0.3 is 10.1 Å². The van der Waals surface area contributed by atoms with Crippen molar-refractivity contribution in [1.29, 1.82) is 0 Å². The number of ether oxygens (including phenoxy) is 1. The topological polar surface area (TPSA) is 84.5 Å². The molecule has 1 aromatic carbocycles. The zero-order valence-corrected chi connectivity index (χ0v) is 15.8. The molecule has 136 valence electrons. The first-order chi connectivity index (χ1) is 12.0. The molecule has 6 nitrogen and oxygen atoms in total. The summed E-state index contributed by atoms with van der Waals surface area (Å²) < 4.78 is 31.8. The number of amides is 1. The minimum absolute atomic E-state index is 0.0559. The highest BCUT2D eigenvalue weighted by atomic mass is 32.2. The number of hydrogen-bond donors (Lipinski definition) is 2. The Labute approximate surface area is 152 Å². The summed E-state index contributed by atoms with van der Waals surface area (Å²) in [6.45, 7) is 2.44. The van der Waals surface area contributed by atoms with Crippen LogP contribution in [0.2, 0.25) is 0 Å². The Morgan fingerprint density at radius 2 is 2.08 bits per heavy atom. The Bertz CT molecular complexity index is 789. The minimum Gasteiger partial charge on any atom is -0.383 e. The molecule has 1 unspecified atom stereocenters. The average Bonchev–Trinajstić information content (AvgIpc) is 3.14. The van der Waals surface area contributed by atoms with Crippen LogP contribution < -0.4 is 10.0 Å². The summed E-state index contributed by atoms with van der Waals surface area (Å²) in [6, 6.07) is 9.82. The monoisotopic (exact) mass is 382 g/mol. The maximum Gasteiger partial charge on any atom is 0.251 e. The summed E-state index contributed by atoms with van der Waals surface area (Å²) in [7, 11) is -2.18. The van der Waals surface area contributed by atoms with Gasteiger partial charge in [-0.25, -0.2) is 13.1 Å². The van der Waals surface area contributed by atoms with Crippen LogP contribution in [-0.2, 0) is 14.8 Å². The molecule has 0 fully saturated rings. The largest absolute Gasteiger partial charge is 0.383 e. The lowest BCUT2D eigenvalue weighted by Gasteiger charge is -2.16. The van der Waals surface area contributed by atoms with Crippen molar-refractivity contribution < 1.29 is 17.9 Å². The lowest BCUT2D eigenvalue weighted by atomic mass is 10.1. The van der Waals surface area contributed by atoms with Crippen LogP contribution >= 0.6 is 11.3 Å². The molecule has 0 saturated carbocycles. The maximum absolute atomic E-state index is 12.5. The molecule has 25 heavy (non-hydrogen) atoms. The van der Waals surface area contributed by atoms with Crippen LogP contribution in [0.3, 0.4) is 0 Å². The van der Waals surface area contributed by atoms with Crippen molar-refractivity contribution >= 4 is 27.3 Å². The predicted molar refractivity (Wildman–Crippen MR) is 98.3 cm³/mol. The molecule has 1 amide bonds. The van der Waals surface area contributed by atoms with Gasteiger partial charge in [-0.1, -0.05) is 19.1 Å². The van der Waals surface area contributed by atoms with Crippen LogP contribution in [0.25, 0.3) is 0 Å². The molecule has 1 aromatic heterocycles. The van der Waals surface area contributed by atoms with E-state index < -0.39 is 10.0 Å². The summed E-state index contributed by atoms with van der Waals surface area (Å²) in [5.74, 6) is -0.297. The van der Waals surface area contributed by atoms with E-state index in [1.54, 1.807) is 23.5 Å². The number of thiophene rings is 1. The summed E-state index contributed by atoms with van der Waals surface area (Å²) in [5.41, 5.74) is 0.310. The fraction of sp³-hybridized carbons (Fsp3) is 0.353. The van der Waals surface area contributed by atoms with E-state index in [2.05, 4.69) is 10.0 Å². The number of benzene rings is 1. The van der Waals surface area contributed by atoms with Gasteiger partial charge in [-0.3, -0.25) is 4.79 Å². The van der Waals surface area contributed by atoms with E-state index in [-0.39, 0.29) is 30.0 Å². The third-order valence-corrected chi connectivity index (χ3v) is 6.05. The van der Waals surface area contributed by atoms with Crippen LogP contribution in [0.1, 0.15) is 34.6 Å². The molecule has 0 saturated heterocycles. The molecule has 0 aliphatic carbocycles. The molecule has 2 aromatic rings. The summed E-state index contributed by atoms with van der Waals surface area (Å²) in [6.07, 6.45) is 0.753. The molecule has 0 spiro atoms. The summed E-state index contributed by atoms with van der Waals surface area (Å²) >= 11 is 1.58. The molecular weight excluding hydrogens is 360 g/mol. The summed E-state index contributed by atoms with van der Waals surface area (Å²) in [4.78, 5) is 13.6. The van der Waals surface area contributed by atoms with Crippen LogP contribution in [0.15, 0.2) is 46.7 Å². The van der Waals surface area contributed by atoms with Crippen LogP contribution in [0.4, 0.5) is 0 Å². The van der Waals surface area contributed by atoms with Gasteiger partial charge in [0.15, 0.2) is 0 Å². The van der Waals surface area contributed by atoms with Gasteiger partial charge >= 0.3 is 0 Å². The van der Waals surface area contributed by atoms with Crippen LogP contribution in [0.5, 0.6) is 0 Å². The van der Waals surface area contributed by atoms with E-state index in [0.717, 1.165) is 11.3 Å². The first-order valence-corrected chi connectivity index (χ1v) is 10.3. The number of hydrogen-bond acceptors (Lipinski definition) is 5. The van der Waals surface area contributed by atoms with Crippen LogP contribution in [-0.4, -0.2) is 34.6 Å². The number of rotatable bonds is 9. The predicted octanol–water partition coefficient (Wildman–Crippen LogP) is 2.55. The second-order valence-electron chi connectivity index (χ2n) is 5.37. The van der Waals surface area contributed by atoms with E-state index in [1.165, 1.54) is 19.2 Å². The minimum atomic E-state index is -3.67. The summed E-state index contributed by atoms with van der Waals surface area (Å²) in [5, 5.41) is 4.91. The van der Waals surface area contributed by atoms with Crippen molar-refractivity contribution in [3.8, 4) is 0 Å². The quantitative estimate of drug-likeness (QED) is 0.653. The zero-order valence-electron chi connectivity index (χ0n) is 14.2. The first-order valence-electron chi connectivity index (χ1n) is 7.91. The Balaban J connectivity index is 2.13. The molecule has 0 bridgehead atoms. The third kappa shape index (κ3) is 5.37. The fourth-order valence-corrected chi connectivity index (χ4v) is 4.19. The Morgan fingerprint density at radius 3 is 2.72 bits per heavy atom. The standard InChI is InChI=1S/C17H22N2O4S2/c1-3-15(16-8-5-11-24-16)19-17(20)13-6-4-7-14(12-13)25(21,22)18-9-10-23-2/h4-8,11-12,15,18H,3,9-10H2,1-2H3,(H,19,20). The van der Waals surface area contributed by atoms with Gasteiger partial charge in [-0.05, 0) is 36.1 Å². The van der Waals surface area contributed by atoms with Gasteiger partial charge in [-0.2, -0.15) is 0 Å². The number of sulfonamides is 1. The Hall–Kier alpha value is -1.74. The van der Waals surface area contributed by atoms with E-state index in [0.29, 0.717) is 5.56 Å². The lowest BCUT2D eigenvalue weighted by molar-refractivity contribution is 0.0936. The second kappa shape index (κ2) is 9.10. The van der Waals surface area contributed by atoms with Gasteiger partial charge in [0, 0.05) is 24.1 Å². The normalized spacial score (nSPS) is 12.7. The number of nitrogens with one attached hydrogen (secondary N) is 2. The number of carbonyl (C=O) groups excluding carboxylic acids is 1. The fourth-order valence-electron chi connectivity index (χ4n) is 2.27. The van der Waals surface area contributed by atoms with Gasteiger partial charge in [0.1, 0.15) is 0 Å². The molecule has 2 N–H and O–H groups in total. The van der Waals surface area contributed by atoms with E-state index >= 15 is 0 Å². The third-order valence-electron chi connectivity index (χ3n) is 3.60. The van der Waals surface area contributed by atoms with Crippen molar-refractivity contribution in [2.45, 2.75) is 24.3 Å². The van der Waals surface area contributed by atoms with E-state index in [9.17, 15) is 13.2 Å². The molecule has 2 rings (SSSR count). The van der Waals surface area contributed by atoms with Crippen molar-refractivity contribution in [3.63, 3.8) is 0 Å². The van der Waals surface area contributed by atoms with Crippen molar-refractivity contribution in [2.24, 2.45) is 0 Å². The molecule has 1 heterocycles. The molecule has 8 heteroatoms. The maximum atomic E-state index is 12.5. The Kier molecular flexibility index (Phi) is 7.12. The lowest BCUT2D eigenvalue weighted by Crippen LogP contribution is -2.29. The molecular formula is C17H22N2O4S2. The zero-order chi connectivity index (χ0) is 18.3. The van der Waals surface area contributed by atoms with Crippen LogP contribution in [0, 0.1) is 0 Å². The average molecular weight is 383 g/mol. The molecule has 0 aliphatic heterocycles. The first kappa shape index (κ1) is 19.6. The number of carbonyl (C=O) groups is 1. The smallest absolute Gasteiger partial charge is 0.251 e.